The van der Waals surface area contributed by atoms with Gasteiger partial charge in [0.05, 0.1) is 25.3 Å². The maximum Gasteiger partial charge on any atom is 0.276 e. The van der Waals surface area contributed by atoms with Gasteiger partial charge in [0.25, 0.3) is 10.0 Å². The van der Waals surface area contributed by atoms with E-state index in [0.29, 0.717) is 11.3 Å². The first-order chi connectivity index (χ1) is 16.6. The van der Waals surface area contributed by atoms with Crippen molar-refractivity contribution in [3.05, 3.63) is 82.7 Å². The molecule has 3 aromatic carbocycles. The van der Waals surface area contributed by atoms with Gasteiger partial charge < -0.3 is 14.2 Å². The normalized spacial score (nSPS) is 11.5. The van der Waals surface area contributed by atoms with E-state index in [4.69, 9.17) is 14.2 Å². The number of hydrogen-bond donors (Lipinski definition) is 1. The summed E-state index contributed by atoms with van der Waals surface area (Å²) in [4.78, 5) is 1.95. The van der Waals surface area contributed by atoms with Gasteiger partial charge in [-0.1, -0.05) is 0 Å². The van der Waals surface area contributed by atoms with Gasteiger partial charge in [0.15, 0.2) is 5.75 Å². The summed E-state index contributed by atoms with van der Waals surface area (Å²) in [6, 6.07) is 9.80. The quantitative estimate of drug-likeness (QED) is 0.151. The Morgan fingerprint density at radius 2 is 1.46 bits per heavy atom. The second kappa shape index (κ2) is 10.6. The lowest BCUT2D eigenvalue weighted by Gasteiger charge is -2.13. The van der Waals surface area contributed by atoms with E-state index in [0.717, 1.165) is 6.21 Å². The van der Waals surface area contributed by atoms with Gasteiger partial charge in [-0.05, 0) is 48.0 Å². The zero-order valence-corrected chi connectivity index (χ0v) is 18.9. The molecule has 0 aliphatic carbocycles. The van der Waals surface area contributed by atoms with Crippen molar-refractivity contribution < 1.29 is 44.6 Å². The van der Waals surface area contributed by atoms with E-state index >= 15 is 0 Å². The molecule has 0 heterocycles. The Balaban J connectivity index is 1.78. The van der Waals surface area contributed by atoms with Crippen LogP contribution >= 0.6 is 0 Å². The van der Waals surface area contributed by atoms with Gasteiger partial charge in [0.1, 0.15) is 18.1 Å². The molecule has 35 heavy (non-hydrogen) atoms. The average molecular weight is 516 g/mol. The summed E-state index contributed by atoms with van der Waals surface area (Å²) in [5.41, 5.74) is 0.456. The van der Waals surface area contributed by atoms with Crippen molar-refractivity contribution in [1.29, 1.82) is 0 Å². The lowest BCUT2D eigenvalue weighted by Crippen LogP contribution is -2.18. The van der Waals surface area contributed by atoms with Crippen LogP contribution in [-0.2, 0) is 16.6 Å². The van der Waals surface area contributed by atoms with Crippen LogP contribution in [0.3, 0.4) is 0 Å². The summed E-state index contributed by atoms with van der Waals surface area (Å²) >= 11 is 0. The Hall–Kier alpha value is -3.87. The van der Waals surface area contributed by atoms with Crippen LogP contribution in [0.2, 0.25) is 0 Å². The highest BCUT2D eigenvalue weighted by molar-refractivity contribution is 7.89. The topological polar surface area (TPSA) is 86.2 Å². The summed E-state index contributed by atoms with van der Waals surface area (Å²) < 4.78 is 107. The minimum absolute atomic E-state index is 0.0675. The average Bonchev–Trinajstić information content (AvgIpc) is 2.86. The zero-order chi connectivity index (χ0) is 25.8. The number of nitrogens with one attached hydrogen (secondary N) is 1. The predicted octanol–water partition coefficient (Wildman–Crippen LogP) is 4.29. The minimum Gasteiger partial charge on any atom is -0.497 e. The lowest BCUT2D eigenvalue weighted by molar-refractivity contribution is 0.249. The molecular formula is C22H17F5N2O5S. The summed E-state index contributed by atoms with van der Waals surface area (Å²) in [6.07, 6.45) is 1.13. The van der Waals surface area contributed by atoms with E-state index in [1.807, 2.05) is 4.83 Å². The first-order valence-electron chi connectivity index (χ1n) is 9.59. The molecule has 186 valence electrons. The number of sulfonamides is 1. The van der Waals surface area contributed by atoms with E-state index in [1.54, 1.807) is 0 Å². The molecule has 1 N–H and O–H groups in total. The molecule has 0 saturated heterocycles. The molecule has 0 amide bonds. The third-order valence-electron chi connectivity index (χ3n) is 4.60. The van der Waals surface area contributed by atoms with Gasteiger partial charge in [-0.15, -0.1) is 0 Å². The van der Waals surface area contributed by atoms with Crippen molar-refractivity contribution in [3.8, 4) is 17.2 Å². The van der Waals surface area contributed by atoms with Crippen LogP contribution in [0.15, 0.2) is 52.5 Å². The Morgan fingerprint density at radius 3 is 2.03 bits per heavy atom. The molecule has 0 atom stereocenters. The number of methoxy groups -OCH3 is 2. The monoisotopic (exact) mass is 516 g/mol. The fourth-order valence-corrected chi connectivity index (χ4v) is 3.62. The van der Waals surface area contributed by atoms with Gasteiger partial charge in [-0.3, -0.25) is 0 Å². The number of halogens is 5. The van der Waals surface area contributed by atoms with Crippen molar-refractivity contribution in [2.75, 3.05) is 14.2 Å². The van der Waals surface area contributed by atoms with Crippen LogP contribution in [0.1, 0.15) is 11.1 Å². The molecule has 0 fully saturated rings. The first kappa shape index (κ1) is 25.7. The number of ether oxygens (including phenoxy) is 3. The van der Waals surface area contributed by atoms with Crippen molar-refractivity contribution in [2.24, 2.45) is 5.10 Å². The lowest BCUT2D eigenvalue weighted by atomic mass is 10.1. The van der Waals surface area contributed by atoms with Gasteiger partial charge in [-0.25, -0.2) is 18.0 Å². The molecule has 0 aromatic heterocycles. The van der Waals surface area contributed by atoms with Crippen LogP contribution < -0.4 is 19.0 Å². The minimum atomic E-state index is -3.98. The number of benzene rings is 3. The molecule has 3 rings (SSSR count). The zero-order valence-electron chi connectivity index (χ0n) is 18.1. The summed E-state index contributed by atoms with van der Waals surface area (Å²) in [5.74, 6) is -11.6. The van der Waals surface area contributed by atoms with Crippen LogP contribution in [0.4, 0.5) is 22.0 Å². The maximum absolute atomic E-state index is 13.9. The molecule has 7 nitrogen and oxygen atoms in total. The van der Waals surface area contributed by atoms with E-state index in [-0.39, 0.29) is 16.2 Å². The van der Waals surface area contributed by atoms with Crippen LogP contribution in [0.25, 0.3) is 0 Å². The van der Waals surface area contributed by atoms with E-state index in [9.17, 15) is 30.4 Å². The van der Waals surface area contributed by atoms with E-state index in [2.05, 4.69) is 5.10 Å². The number of hydrazone groups is 1. The fraction of sp³-hybridized carbons (Fsp3) is 0.136. The van der Waals surface area contributed by atoms with Crippen molar-refractivity contribution in [2.45, 2.75) is 11.5 Å². The smallest absolute Gasteiger partial charge is 0.276 e. The van der Waals surface area contributed by atoms with E-state index in [1.165, 1.54) is 56.7 Å². The van der Waals surface area contributed by atoms with Crippen LogP contribution in [0, 0.1) is 29.1 Å². The highest BCUT2D eigenvalue weighted by atomic mass is 32.2. The molecule has 0 aliphatic rings. The molecular weight excluding hydrogens is 499 g/mol. The number of rotatable bonds is 9. The van der Waals surface area contributed by atoms with Gasteiger partial charge in [-0.2, -0.15) is 22.3 Å². The highest BCUT2D eigenvalue weighted by Gasteiger charge is 2.27. The van der Waals surface area contributed by atoms with Gasteiger partial charge in [0.2, 0.25) is 29.1 Å². The molecule has 13 heteroatoms. The van der Waals surface area contributed by atoms with Crippen LogP contribution in [0.5, 0.6) is 17.2 Å². The van der Waals surface area contributed by atoms with Crippen molar-refractivity contribution in [1.82, 2.24) is 4.83 Å². The molecule has 3 aromatic rings. The van der Waals surface area contributed by atoms with Gasteiger partial charge >= 0.3 is 0 Å². The van der Waals surface area contributed by atoms with Crippen molar-refractivity contribution >= 4 is 16.2 Å². The highest BCUT2D eigenvalue weighted by Crippen LogP contribution is 2.30. The first-order valence-corrected chi connectivity index (χ1v) is 11.1. The molecule has 0 unspecified atom stereocenters. The Labute approximate surface area is 196 Å². The summed E-state index contributed by atoms with van der Waals surface area (Å²) in [6.45, 7) is -0.638. The van der Waals surface area contributed by atoms with E-state index < -0.39 is 51.5 Å². The Bertz CT molecular complexity index is 1340. The molecule has 0 spiro atoms. The van der Waals surface area contributed by atoms with Crippen LogP contribution in [-0.4, -0.2) is 28.9 Å². The molecule has 0 radical (unpaired) electrons. The maximum atomic E-state index is 13.9. The second-order valence-corrected chi connectivity index (χ2v) is 8.45. The molecule has 0 saturated carbocycles. The molecule has 0 aliphatic heterocycles. The third-order valence-corrected chi connectivity index (χ3v) is 5.84. The SMILES string of the molecule is COc1ccc(S(=O)(=O)N/N=C/c2ccc(OC)c(COc3c(F)c(F)c(F)c(F)c3F)c2)cc1. The standard InChI is InChI=1S/C22H17F5N2O5S/c1-32-14-4-6-15(7-5-14)35(30,31)29-28-10-12-3-8-16(33-2)13(9-12)11-34-22-20(26)18(24)17(23)19(25)21(22)27/h3-10,29H,11H2,1-2H3/b28-10+. The Morgan fingerprint density at radius 1 is 0.857 bits per heavy atom. The number of hydrogen-bond acceptors (Lipinski definition) is 6. The summed E-state index contributed by atoms with van der Waals surface area (Å²) in [5, 5.41) is 3.67. The summed E-state index contributed by atoms with van der Waals surface area (Å²) in [7, 11) is -1.26. The van der Waals surface area contributed by atoms with Crippen molar-refractivity contribution in [3.63, 3.8) is 0 Å². The number of nitrogens with zero attached hydrogens (tertiary/aromatic N) is 1. The third kappa shape index (κ3) is 5.62. The second-order valence-electron chi connectivity index (χ2n) is 6.79. The molecule has 0 bridgehead atoms. The Kier molecular flexibility index (Phi) is 7.79. The van der Waals surface area contributed by atoms with Gasteiger partial charge in [0, 0.05) is 5.56 Å². The fourth-order valence-electron chi connectivity index (χ4n) is 2.83. The largest absolute Gasteiger partial charge is 0.497 e. The predicted molar refractivity (Wildman–Crippen MR) is 114 cm³/mol.